The summed E-state index contributed by atoms with van der Waals surface area (Å²) in [6.45, 7) is 6.64. The molecule has 1 aliphatic heterocycles. The number of carbonyl (C=O) groups excluding carboxylic acids is 2. The Morgan fingerprint density at radius 2 is 2.06 bits per heavy atom. The molecule has 1 unspecified atom stereocenters. The highest BCUT2D eigenvalue weighted by Gasteiger charge is 2.28. The van der Waals surface area contributed by atoms with Crippen molar-refractivity contribution in [3.05, 3.63) is 35.4 Å². The van der Waals surface area contributed by atoms with Crippen LogP contribution in [0.15, 0.2) is 34.0 Å². The molecule has 186 valence electrons. The van der Waals surface area contributed by atoms with Crippen LogP contribution in [0.2, 0.25) is 5.15 Å². The summed E-state index contributed by atoms with van der Waals surface area (Å²) in [5.41, 5.74) is 0. The number of amides is 2. The van der Waals surface area contributed by atoms with E-state index in [1.165, 1.54) is 31.0 Å². The third kappa shape index (κ3) is 8.20. The fourth-order valence-corrected chi connectivity index (χ4v) is 4.86. The summed E-state index contributed by atoms with van der Waals surface area (Å²) in [5, 5.41) is 3.59. The Hall–Kier alpha value is -2.26. The van der Waals surface area contributed by atoms with E-state index in [4.69, 9.17) is 16.0 Å². The molecule has 3 heterocycles. The van der Waals surface area contributed by atoms with E-state index in [0.29, 0.717) is 48.7 Å². The van der Waals surface area contributed by atoms with Crippen LogP contribution >= 0.6 is 23.4 Å². The van der Waals surface area contributed by atoms with Crippen LogP contribution in [0.5, 0.6) is 0 Å². The van der Waals surface area contributed by atoms with E-state index in [9.17, 15) is 9.59 Å². The van der Waals surface area contributed by atoms with Gasteiger partial charge in [0.25, 0.3) is 0 Å². The van der Waals surface area contributed by atoms with Crippen molar-refractivity contribution >= 4 is 41.0 Å². The van der Waals surface area contributed by atoms with Gasteiger partial charge in [-0.1, -0.05) is 56.0 Å². The van der Waals surface area contributed by atoms with Crippen molar-refractivity contribution in [2.75, 3.05) is 30.3 Å². The summed E-state index contributed by atoms with van der Waals surface area (Å²) in [7, 11) is 0. The van der Waals surface area contributed by atoms with Gasteiger partial charge in [-0.15, -0.1) is 0 Å². The first-order valence-corrected chi connectivity index (χ1v) is 13.3. The maximum atomic E-state index is 12.7. The lowest BCUT2D eigenvalue weighted by atomic mass is 10.1. The van der Waals surface area contributed by atoms with Crippen LogP contribution in [0.1, 0.15) is 58.1 Å². The van der Waals surface area contributed by atoms with Gasteiger partial charge in [0.2, 0.25) is 11.8 Å². The lowest BCUT2D eigenvalue weighted by Crippen LogP contribution is -2.54. The topological polar surface area (TPSA) is 91.6 Å². The van der Waals surface area contributed by atoms with E-state index in [0.717, 1.165) is 18.7 Å². The molecule has 2 aromatic rings. The number of piperazine rings is 1. The van der Waals surface area contributed by atoms with Crippen LogP contribution in [0.3, 0.4) is 0 Å². The Morgan fingerprint density at radius 3 is 2.79 bits per heavy atom. The highest BCUT2D eigenvalue weighted by Crippen LogP contribution is 2.24. The summed E-state index contributed by atoms with van der Waals surface area (Å²) >= 11 is 7.49. The third-order valence-electron chi connectivity index (χ3n) is 5.80. The van der Waals surface area contributed by atoms with Crippen molar-refractivity contribution < 1.29 is 14.0 Å². The van der Waals surface area contributed by atoms with Gasteiger partial charge in [-0.3, -0.25) is 9.59 Å². The molecule has 1 atom stereocenters. The fraction of sp³-hybridized carbons (Fsp3) is 0.583. The zero-order valence-electron chi connectivity index (χ0n) is 20.0. The number of nitrogens with zero attached hydrogens (tertiary/aromatic N) is 4. The monoisotopic (exact) mass is 507 g/mol. The minimum Gasteiger partial charge on any atom is -0.467 e. The van der Waals surface area contributed by atoms with Crippen molar-refractivity contribution in [2.24, 2.45) is 0 Å². The molecule has 0 saturated carbocycles. The maximum absolute atomic E-state index is 12.7. The molecule has 2 aromatic heterocycles. The molecule has 1 fully saturated rings. The molecule has 1 N–H and O–H groups in total. The van der Waals surface area contributed by atoms with Gasteiger partial charge in [0.15, 0.2) is 5.16 Å². The van der Waals surface area contributed by atoms with Crippen LogP contribution in [0.25, 0.3) is 0 Å². The second-order valence-corrected chi connectivity index (χ2v) is 9.85. The number of rotatable bonds is 12. The lowest BCUT2D eigenvalue weighted by molar-refractivity contribution is -0.133. The van der Waals surface area contributed by atoms with Crippen molar-refractivity contribution in [2.45, 2.75) is 70.1 Å². The molecule has 34 heavy (non-hydrogen) atoms. The summed E-state index contributed by atoms with van der Waals surface area (Å²) < 4.78 is 5.22. The average molecular weight is 508 g/mol. The second-order valence-electron chi connectivity index (χ2n) is 8.52. The second kappa shape index (κ2) is 13.6. The fourth-order valence-electron chi connectivity index (χ4n) is 3.95. The van der Waals surface area contributed by atoms with Crippen molar-refractivity contribution in [1.82, 2.24) is 20.2 Å². The minimum absolute atomic E-state index is 0.0918. The van der Waals surface area contributed by atoms with Gasteiger partial charge >= 0.3 is 0 Å². The molecule has 1 saturated heterocycles. The van der Waals surface area contributed by atoms with Gasteiger partial charge in [-0.05, 0) is 25.5 Å². The molecule has 0 radical (unpaired) electrons. The number of nitrogens with one attached hydrogen (secondary N) is 1. The number of halogens is 1. The normalized spacial score (nSPS) is 16.0. The molecule has 0 aromatic carbocycles. The van der Waals surface area contributed by atoms with Crippen molar-refractivity contribution in [1.29, 1.82) is 0 Å². The molecular formula is C24H34ClN5O3S. The summed E-state index contributed by atoms with van der Waals surface area (Å²) in [5.74, 6) is 1.69. The largest absolute Gasteiger partial charge is 0.467 e. The van der Waals surface area contributed by atoms with Crippen LogP contribution in [-0.4, -0.2) is 58.1 Å². The predicted octanol–water partition coefficient (Wildman–Crippen LogP) is 4.53. The third-order valence-corrected chi connectivity index (χ3v) is 6.84. The Kier molecular flexibility index (Phi) is 10.5. The molecule has 0 spiro atoms. The number of thioether (sulfide) groups is 1. The highest BCUT2D eigenvalue weighted by molar-refractivity contribution is 7.99. The molecule has 0 aliphatic carbocycles. The first-order chi connectivity index (χ1) is 16.5. The Balaban J connectivity index is 1.48. The van der Waals surface area contributed by atoms with E-state index in [2.05, 4.69) is 34.0 Å². The Bertz CT molecular complexity index is 927. The number of unbranched alkanes of at least 4 members (excludes halogenated alkanes) is 4. The van der Waals surface area contributed by atoms with Gasteiger partial charge in [0, 0.05) is 38.2 Å². The van der Waals surface area contributed by atoms with E-state index < -0.39 is 0 Å². The van der Waals surface area contributed by atoms with Crippen molar-refractivity contribution in [3.63, 3.8) is 0 Å². The quantitative estimate of drug-likeness (QED) is 0.195. The zero-order chi connectivity index (χ0) is 24.3. The molecule has 2 amide bonds. The van der Waals surface area contributed by atoms with Gasteiger partial charge in [-0.25, -0.2) is 9.97 Å². The molecule has 8 nitrogen and oxygen atoms in total. The van der Waals surface area contributed by atoms with Gasteiger partial charge in [-0.2, -0.15) is 0 Å². The van der Waals surface area contributed by atoms with Gasteiger partial charge in [0.1, 0.15) is 16.7 Å². The minimum atomic E-state index is -0.137. The maximum Gasteiger partial charge on any atom is 0.230 e. The van der Waals surface area contributed by atoms with E-state index >= 15 is 0 Å². The standard InChI is InChI=1S/C24H34ClN5O3S/c1-3-4-5-6-7-10-23(32)30-12-11-29(16-18(30)2)21-14-20(25)27-24(28-21)34-17-22(31)26-15-19-9-8-13-33-19/h8-9,13-14,18H,3-7,10-12,15-17H2,1-2H3,(H,26,31). The number of anilines is 1. The molecular weight excluding hydrogens is 474 g/mol. The van der Waals surface area contributed by atoms with Crippen LogP contribution in [-0.2, 0) is 16.1 Å². The van der Waals surface area contributed by atoms with Gasteiger partial charge in [0.05, 0.1) is 18.6 Å². The van der Waals surface area contributed by atoms with Crippen LogP contribution < -0.4 is 10.2 Å². The number of carbonyl (C=O) groups is 2. The molecule has 1 aliphatic rings. The molecule has 0 bridgehead atoms. The Morgan fingerprint density at radius 1 is 1.24 bits per heavy atom. The number of furan rings is 1. The number of hydrogen-bond acceptors (Lipinski definition) is 7. The molecule has 10 heteroatoms. The lowest BCUT2D eigenvalue weighted by Gasteiger charge is -2.40. The average Bonchev–Trinajstić information content (AvgIpc) is 3.34. The summed E-state index contributed by atoms with van der Waals surface area (Å²) in [6, 6.07) is 5.42. The van der Waals surface area contributed by atoms with Crippen molar-refractivity contribution in [3.8, 4) is 0 Å². The Labute approximate surface area is 210 Å². The van der Waals surface area contributed by atoms with E-state index in [1.807, 2.05) is 11.0 Å². The summed E-state index contributed by atoms with van der Waals surface area (Å²) in [6.07, 6.45) is 7.92. The molecule has 3 rings (SSSR count). The SMILES string of the molecule is CCCCCCCC(=O)N1CCN(c2cc(Cl)nc(SCC(=O)NCc3ccco3)n2)CC1C. The number of hydrogen-bond donors (Lipinski definition) is 1. The first kappa shape index (κ1) is 26.3. The van der Waals surface area contributed by atoms with E-state index in [-0.39, 0.29) is 23.6 Å². The van der Waals surface area contributed by atoms with Crippen LogP contribution in [0, 0.1) is 0 Å². The zero-order valence-corrected chi connectivity index (χ0v) is 21.5. The smallest absolute Gasteiger partial charge is 0.230 e. The number of aromatic nitrogens is 2. The highest BCUT2D eigenvalue weighted by atomic mass is 35.5. The van der Waals surface area contributed by atoms with Crippen LogP contribution in [0.4, 0.5) is 5.82 Å². The van der Waals surface area contributed by atoms with Gasteiger partial charge < -0.3 is 19.5 Å². The van der Waals surface area contributed by atoms with E-state index in [1.54, 1.807) is 18.4 Å². The predicted molar refractivity (Wildman–Crippen MR) is 135 cm³/mol. The first-order valence-electron chi connectivity index (χ1n) is 12.0. The summed E-state index contributed by atoms with van der Waals surface area (Å²) in [4.78, 5) is 37.8.